The maximum Gasteiger partial charge on any atom is 0.280 e. The zero-order valence-electron chi connectivity index (χ0n) is 17.5. The van der Waals surface area contributed by atoms with Crippen molar-refractivity contribution < 1.29 is 22.7 Å². The van der Waals surface area contributed by atoms with Crippen LogP contribution in [0.25, 0.3) is 0 Å². The Morgan fingerprint density at radius 1 is 1.13 bits per heavy atom. The Kier molecular flexibility index (Phi) is 5.81. The highest BCUT2D eigenvalue weighted by molar-refractivity contribution is 7.89. The van der Waals surface area contributed by atoms with Crippen molar-refractivity contribution in [1.82, 2.24) is 14.6 Å². The van der Waals surface area contributed by atoms with Crippen LogP contribution in [-0.2, 0) is 16.6 Å². The zero-order valence-corrected chi connectivity index (χ0v) is 18.3. The van der Waals surface area contributed by atoms with Gasteiger partial charge in [0.1, 0.15) is 16.3 Å². The van der Waals surface area contributed by atoms with E-state index in [-0.39, 0.29) is 34.5 Å². The van der Waals surface area contributed by atoms with Crippen LogP contribution in [0.5, 0.6) is 5.75 Å². The summed E-state index contributed by atoms with van der Waals surface area (Å²) in [5.74, 6) is -0.115. The van der Waals surface area contributed by atoms with Crippen LogP contribution < -0.4 is 9.46 Å². The molecule has 1 aromatic carbocycles. The lowest BCUT2D eigenvalue weighted by atomic mass is 9.88. The maximum absolute atomic E-state index is 13.1. The summed E-state index contributed by atoms with van der Waals surface area (Å²) in [5, 5.41) is 0. The van der Waals surface area contributed by atoms with Gasteiger partial charge in [-0.25, -0.2) is 13.1 Å². The topological polar surface area (TPSA) is 106 Å². The van der Waals surface area contributed by atoms with Crippen LogP contribution in [0.2, 0.25) is 0 Å². The minimum atomic E-state index is -3.83. The van der Waals surface area contributed by atoms with Crippen molar-refractivity contribution in [1.29, 1.82) is 0 Å². The first-order chi connectivity index (χ1) is 14.8. The zero-order chi connectivity index (χ0) is 22.2. The fourth-order valence-electron chi connectivity index (χ4n) is 4.13. The largest absolute Gasteiger partial charge is 0.495 e. The third-order valence-electron chi connectivity index (χ3n) is 5.93. The van der Waals surface area contributed by atoms with E-state index in [4.69, 9.17) is 4.74 Å². The number of nitrogens with one attached hydrogen (secondary N) is 1. The quantitative estimate of drug-likeness (QED) is 0.688. The first-order valence-corrected chi connectivity index (χ1v) is 11.8. The van der Waals surface area contributed by atoms with Crippen molar-refractivity contribution in [2.45, 2.75) is 50.1 Å². The van der Waals surface area contributed by atoms with Crippen LogP contribution in [0.3, 0.4) is 0 Å². The number of nitrogens with zero attached hydrogens (tertiary/aromatic N) is 2. The summed E-state index contributed by atoms with van der Waals surface area (Å²) < 4.78 is 34.3. The Morgan fingerprint density at radius 2 is 1.87 bits per heavy atom. The first kappa shape index (κ1) is 21.5. The van der Waals surface area contributed by atoms with Crippen LogP contribution in [0, 0.1) is 5.92 Å². The fraction of sp³-hybridized carbons (Fsp3) is 0.409. The number of methoxy groups -OCH3 is 1. The van der Waals surface area contributed by atoms with Gasteiger partial charge in [0.2, 0.25) is 10.0 Å². The number of hydrogen-bond donors (Lipinski definition) is 1. The third-order valence-corrected chi connectivity index (χ3v) is 7.47. The predicted octanol–water partition coefficient (Wildman–Crippen LogP) is 2.74. The second-order valence-corrected chi connectivity index (χ2v) is 9.84. The van der Waals surface area contributed by atoms with Crippen LogP contribution in [0.15, 0.2) is 41.4 Å². The maximum atomic E-state index is 13.1. The summed E-state index contributed by atoms with van der Waals surface area (Å²) in [6, 6.07) is 7.70. The summed E-state index contributed by atoms with van der Waals surface area (Å²) >= 11 is 0. The van der Waals surface area contributed by atoms with Gasteiger partial charge in [0.25, 0.3) is 11.8 Å². The standard InChI is InChI=1S/C22H25N3O5S/c1-14-5-8-16(9-6-14)24-31(28,29)19-12-15(7-10-18(19)30-2)13-25-21(26)17-4-3-11-23-20(17)22(25)27/h3-4,7,10-12,14,16,24H,5-6,8-9,13H2,1-2H3. The lowest BCUT2D eigenvalue weighted by Crippen LogP contribution is -2.37. The smallest absolute Gasteiger partial charge is 0.280 e. The summed E-state index contributed by atoms with van der Waals surface area (Å²) in [5.41, 5.74) is 0.872. The van der Waals surface area contributed by atoms with Gasteiger partial charge in [-0.2, -0.15) is 0 Å². The molecule has 1 aromatic heterocycles. The minimum absolute atomic E-state index is 0.000793. The Labute approximate surface area is 181 Å². The van der Waals surface area contributed by atoms with Crippen LogP contribution in [0.4, 0.5) is 0 Å². The molecule has 0 saturated heterocycles. The Balaban J connectivity index is 1.58. The van der Waals surface area contributed by atoms with Crippen LogP contribution in [0.1, 0.15) is 59.0 Å². The van der Waals surface area contributed by atoms with Crippen molar-refractivity contribution in [3.8, 4) is 5.75 Å². The molecular formula is C22H25N3O5S. The number of pyridine rings is 1. The molecule has 1 N–H and O–H groups in total. The molecule has 2 aromatic rings. The highest BCUT2D eigenvalue weighted by Gasteiger charge is 2.37. The van der Waals surface area contributed by atoms with Crippen molar-refractivity contribution in [3.05, 3.63) is 53.3 Å². The van der Waals surface area contributed by atoms with Gasteiger partial charge in [0.05, 0.1) is 19.2 Å². The molecule has 1 fully saturated rings. The molecule has 2 aliphatic rings. The van der Waals surface area contributed by atoms with Crippen molar-refractivity contribution in [3.63, 3.8) is 0 Å². The van der Waals surface area contributed by atoms with Gasteiger partial charge in [0, 0.05) is 12.2 Å². The van der Waals surface area contributed by atoms with E-state index in [1.54, 1.807) is 24.3 Å². The van der Waals surface area contributed by atoms with Gasteiger partial charge in [-0.15, -0.1) is 0 Å². The number of benzene rings is 1. The molecule has 31 heavy (non-hydrogen) atoms. The van der Waals surface area contributed by atoms with Gasteiger partial charge in [-0.1, -0.05) is 13.0 Å². The number of amides is 2. The number of ether oxygens (including phenoxy) is 1. The SMILES string of the molecule is COc1ccc(CN2C(=O)c3cccnc3C2=O)cc1S(=O)(=O)NC1CCC(C)CC1. The van der Waals surface area contributed by atoms with Gasteiger partial charge < -0.3 is 4.74 Å². The van der Waals surface area contributed by atoms with Gasteiger partial charge in [0.15, 0.2) is 0 Å². The second kappa shape index (κ2) is 8.39. The van der Waals surface area contributed by atoms with Crippen molar-refractivity contribution >= 4 is 21.8 Å². The third kappa shape index (κ3) is 4.20. The molecule has 0 radical (unpaired) electrons. The second-order valence-electron chi connectivity index (χ2n) is 8.16. The minimum Gasteiger partial charge on any atom is -0.495 e. The number of imide groups is 1. The van der Waals surface area contributed by atoms with Gasteiger partial charge in [-0.05, 0) is 61.4 Å². The lowest BCUT2D eigenvalue weighted by molar-refractivity contribution is 0.0640. The predicted molar refractivity (Wildman–Crippen MR) is 113 cm³/mol. The van der Waals surface area contributed by atoms with E-state index in [0.29, 0.717) is 11.5 Å². The van der Waals surface area contributed by atoms with Gasteiger partial charge >= 0.3 is 0 Å². The summed E-state index contributed by atoms with van der Waals surface area (Å²) in [7, 11) is -2.42. The molecule has 164 valence electrons. The molecule has 2 amide bonds. The van der Waals surface area contributed by atoms with Crippen molar-refractivity contribution in [2.75, 3.05) is 7.11 Å². The number of hydrogen-bond acceptors (Lipinski definition) is 6. The molecule has 1 saturated carbocycles. The van der Waals surface area contributed by atoms with E-state index in [9.17, 15) is 18.0 Å². The lowest BCUT2D eigenvalue weighted by Gasteiger charge is -2.27. The molecule has 0 bridgehead atoms. The average Bonchev–Trinajstić information content (AvgIpc) is 3.00. The molecular weight excluding hydrogens is 418 g/mol. The molecule has 0 spiro atoms. The Bertz CT molecular complexity index is 1090. The number of carbonyl (C=O) groups excluding carboxylic acids is 2. The Morgan fingerprint density at radius 3 is 2.55 bits per heavy atom. The fourth-order valence-corrected chi connectivity index (χ4v) is 5.65. The molecule has 4 rings (SSSR count). The van der Waals surface area contributed by atoms with Gasteiger partial charge in [-0.3, -0.25) is 19.5 Å². The van der Waals surface area contributed by atoms with E-state index in [2.05, 4.69) is 16.6 Å². The molecule has 0 atom stereocenters. The van der Waals surface area contributed by atoms with Crippen LogP contribution >= 0.6 is 0 Å². The van der Waals surface area contributed by atoms with Crippen molar-refractivity contribution in [2.24, 2.45) is 5.92 Å². The average molecular weight is 444 g/mol. The number of rotatable bonds is 6. The molecule has 1 aliphatic heterocycles. The molecule has 0 unspecified atom stereocenters. The van der Waals surface area contributed by atoms with E-state index >= 15 is 0 Å². The first-order valence-electron chi connectivity index (χ1n) is 10.3. The van der Waals surface area contributed by atoms with Crippen LogP contribution in [-0.4, -0.2) is 43.3 Å². The molecule has 2 heterocycles. The summed E-state index contributed by atoms with van der Waals surface area (Å²) in [4.78, 5) is 30.3. The number of sulfonamides is 1. The van der Waals surface area contributed by atoms with E-state index < -0.39 is 21.8 Å². The number of fused-ring (bicyclic) bond motifs is 1. The highest BCUT2D eigenvalue weighted by atomic mass is 32.2. The normalized spacial score (nSPS) is 21.3. The monoisotopic (exact) mass is 443 g/mol. The van der Waals surface area contributed by atoms with E-state index in [1.165, 1.54) is 19.4 Å². The summed E-state index contributed by atoms with van der Waals surface area (Å²) in [6.07, 6.45) is 5.02. The Hall–Kier alpha value is -2.78. The summed E-state index contributed by atoms with van der Waals surface area (Å²) in [6.45, 7) is 2.12. The highest BCUT2D eigenvalue weighted by Crippen LogP contribution is 2.30. The van der Waals surface area contributed by atoms with E-state index in [0.717, 1.165) is 30.6 Å². The number of aromatic nitrogens is 1. The number of carbonyl (C=O) groups is 2. The molecule has 8 nitrogen and oxygen atoms in total. The molecule has 9 heteroatoms. The molecule has 1 aliphatic carbocycles. The van der Waals surface area contributed by atoms with E-state index in [1.807, 2.05) is 0 Å².